The Morgan fingerprint density at radius 3 is 1.90 bits per heavy atom. The summed E-state index contributed by atoms with van der Waals surface area (Å²) in [6.45, 7) is -0.193. The third-order valence-corrected chi connectivity index (χ3v) is 13.0. The Hall–Kier alpha value is -5.03. The number of carbonyl (C=O) groups excluding carboxylic acids is 4. The summed E-state index contributed by atoms with van der Waals surface area (Å²) < 4.78 is 62.4. The molecule has 6 unspecified atom stereocenters. The van der Waals surface area contributed by atoms with Crippen LogP contribution in [-0.4, -0.2) is 125 Å². The Bertz CT molecular complexity index is 2100. The van der Waals surface area contributed by atoms with E-state index in [4.69, 9.17) is 4.98 Å². The fraction of sp³-hybridized carbons (Fsp3) is 0.558. The highest BCUT2D eigenvalue weighted by atomic mass is 19.1. The first-order valence-corrected chi connectivity index (χ1v) is 21.2. The molecule has 2 aromatic heterocycles. The van der Waals surface area contributed by atoms with Crippen molar-refractivity contribution in [2.45, 2.75) is 101 Å². The minimum absolute atomic E-state index is 0.0166. The second kappa shape index (κ2) is 17.5. The summed E-state index contributed by atoms with van der Waals surface area (Å²) in [6.07, 6.45) is 2.45. The second-order valence-electron chi connectivity index (χ2n) is 17.0. The molecule has 6 atom stereocenters. The first-order chi connectivity index (χ1) is 28.9. The molecule has 4 aliphatic rings. The van der Waals surface area contributed by atoms with Crippen LogP contribution in [-0.2, 0) is 32.1 Å². The lowest BCUT2D eigenvalue weighted by Gasteiger charge is -2.37. The van der Waals surface area contributed by atoms with E-state index in [9.17, 15) is 28.0 Å². The number of aromatic amines is 1. The Balaban J connectivity index is 1.16. The average molecular weight is 836 g/mol. The topological polar surface area (TPSA) is 156 Å². The van der Waals surface area contributed by atoms with E-state index >= 15 is 8.78 Å². The number of likely N-dealkylation sites (tertiary alicyclic amines) is 2. The third-order valence-electron chi connectivity index (χ3n) is 13.0. The van der Waals surface area contributed by atoms with Gasteiger partial charge in [-0.05, 0) is 93.9 Å². The van der Waals surface area contributed by atoms with E-state index in [0.29, 0.717) is 39.0 Å². The summed E-state index contributed by atoms with van der Waals surface area (Å²) in [5.41, 5.74) is 2.28. The number of likely N-dealkylation sites (N-methyl/N-ethyl adjacent to an activating group) is 2. The predicted octanol–water partition coefficient (Wildman–Crippen LogP) is 3.89. The highest BCUT2D eigenvalue weighted by Crippen LogP contribution is 2.39. The van der Waals surface area contributed by atoms with Crippen molar-refractivity contribution in [2.24, 2.45) is 11.8 Å². The maximum absolute atomic E-state index is 15.5. The highest BCUT2D eigenvalue weighted by molar-refractivity contribution is 5.93. The van der Waals surface area contributed by atoms with Gasteiger partial charge in [0.25, 0.3) is 0 Å². The van der Waals surface area contributed by atoms with Crippen molar-refractivity contribution < 1.29 is 36.7 Å². The smallest absolute Gasteiger partial charge is 0.245 e. The van der Waals surface area contributed by atoms with Gasteiger partial charge in [-0.2, -0.15) is 0 Å². The number of halogens is 4. The minimum atomic E-state index is -1.33. The van der Waals surface area contributed by atoms with E-state index in [1.165, 1.54) is 34.1 Å². The van der Waals surface area contributed by atoms with E-state index < -0.39 is 48.1 Å². The quantitative estimate of drug-likeness (QED) is 0.114. The van der Waals surface area contributed by atoms with E-state index in [0.717, 1.165) is 38.5 Å². The van der Waals surface area contributed by atoms with Gasteiger partial charge in [-0.1, -0.05) is 12.8 Å². The number of rotatable bonds is 15. The van der Waals surface area contributed by atoms with Crippen molar-refractivity contribution in [2.75, 3.05) is 40.3 Å². The van der Waals surface area contributed by atoms with Crippen LogP contribution in [0.15, 0.2) is 36.4 Å². The molecule has 4 fully saturated rings. The molecule has 4 amide bonds. The van der Waals surface area contributed by atoms with Crippen molar-refractivity contribution in [1.82, 2.24) is 45.6 Å². The van der Waals surface area contributed by atoms with Gasteiger partial charge >= 0.3 is 0 Å². The molecule has 0 spiro atoms. The molecule has 0 bridgehead atoms. The molecule has 2 saturated heterocycles. The van der Waals surface area contributed by atoms with Crippen molar-refractivity contribution >= 4 is 45.6 Å². The minimum Gasteiger partial charge on any atom is -0.352 e. The average Bonchev–Trinajstić information content (AvgIpc) is 3.92. The number of H-pyrrole nitrogens is 1. The largest absolute Gasteiger partial charge is 0.352 e. The van der Waals surface area contributed by atoms with Crippen LogP contribution in [0.4, 0.5) is 17.6 Å². The van der Waals surface area contributed by atoms with Crippen molar-refractivity contribution in [3.63, 3.8) is 0 Å². The van der Waals surface area contributed by atoms with Gasteiger partial charge in [0.05, 0.1) is 48.9 Å². The maximum atomic E-state index is 15.5. The van der Waals surface area contributed by atoms with Gasteiger partial charge < -0.3 is 40.6 Å². The van der Waals surface area contributed by atoms with Gasteiger partial charge in [-0.3, -0.25) is 19.2 Å². The summed E-state index contributed by atoms with van der Waals surface area (Å²) in [5.74, 6) is -2.22. The lowest BCUT2D eigenvalue weighted by molar-refractivity contribution is -0.140. The van der Waals surface area contributed by atoms with Crippen molar-refractivity contribution in [3.05, 3.63) is 53.6 Å². The number of hydrogen-bond acceptors (Lipinski definition) is 7. The van der Waals surface area contributed by atoms with Crippen LogP contribution < -0.4 is 21.3 Å². The number of fused-ring (bicyclic) bond motifs is 2. The normalized spacial score (nSPS) is 23.2. The molecule has 2 aromatic carbocycles. The van der Waals surface area contributed by atoms with Crippen LogP contribution in [0.5, 0.6) is 0 Å². The summed E-state index contributed by atoms with van der Waals surface area (Å²) in [5, 5.41) is 12.0. The molecule has 5 N–H and O–H groups in total. The van der Waals surface area contributed by atoms with E-state index in [-0.39, 0.29) is 87.5 Å². The standard InChI is InChI=1S/C43H53F4N9O4/c1-48-18-36(57)52-38(23-5-3-6-23)42(59)54-20-27(46)13-29(54)17-32-31-11-9-25(44)15-33(31)50-40(32)41-51-34-16-26(45)10-12-35(34)56(41)22-30-14-28(47)21-55(30)43(60)39(24-7-4-8-24)53-37(58)19-49-2/h9-12,15-16,23-24,27-30,38-39,48-50H,3-8,13-14,17-22H2,1-2H3,(H,52,57)(H,53,58). The fourth-order valence-electron chi connectivity index (χ4n) is 9.62. The van der Waals surface area contributed by atoms with Gasteiger partial charge in [0.15, 0.2) is 5.82 Å². The van der Waals surface area contributed by atoms with Gasteiger partial charge in [-0.25, -0.2) is 22.5 Å². The molecule has 4 aromatic rings. The summed E-state index contributed by atoms with van der Waals surface area (Å²) in [4.78, 5) is 65.3. The Morgan fingerprint density at radius 1 is 0.783 bits per heavy atom. The van der Waals surface area contributed by atoms with Gasteiger partial charge in [0.2, 0.25) is 23.6 Å². The zero-order chi connectivity index (χ0) is 42.2. The van der Waals surface area contributed by atoms with Crippen molar-refractivity contribution in [1.29, 1.82) is 0 Å². The molecule has 13 nitrogen and oxygen atoms in total. The van der Waals surface area contributed by atoms with Crippen LogP contribution in [0.2, 0.25) is 0 Å². The maximum Gasteiger partial charge on any atom is 0.245 e. The van der Waals surface area contributed by atoms with Crippen molar-refractivity contribution in [3.8, 4) is 11.5 Å². The molecule has 17 heteroatoms. The van der Waals surface area contributed by atoms with E-state index in [1.807, 2.05) is 0 Å². The highest BCUT2D eigenvalue weighted by Gasteiger charge is 2.45. The number of hydrogen-bond donors (Lipinski definition) is 5. The molecule has 0 radical (unpaired) electrons. The fourth-order valence-corrected chi connectivity index (χ4v) is 9.62. The van der Waals surface area contributed by atoms with Crippen LogP contribution >= 0.6 is 0 Å². The molecule has 4 heterocycles. The molecule has 322 valence electrons. The van der Waals surface area contributed by atoms with E-state index in [2.05, 4.69) is 26.3 Å². The number of amides is 4. The van der Waals surface area contributed by atoms with Gasteiger partial charge in [0, 0.05) is 42.4 Å². The van der Waals surface area contributed by atoms with E-state index in [1.54, 1.807) is 30.8 Å². The molecule has 8 rings (SSSR count). The number of imidazole rings is 1. The molecule has 2 aliphatic carbocycles. The SMILES string of the molecule is CNCC(=O)NC(C(=O)N1CC(F)CC1Cc1c(-c2nc3cc(F)ccc3n2CC2CC(F)CN2C(=O)C(NC(=O)CNC)C2CCC2)[nH]c2cc(F)ccc12)C1CCC1. The van der Waals surface area contributed by atoms with Crippen LogP contribution in [0, 0.1) is 23.5 Å². The number of alkyl halides is 2. The summed E-state index contributed by atoms with van der Waals surface area (Å²) >= 11 is 0. The number of aromatic nitrogens is 3. The predicted molar refractivity (Wildman–Crippen MR) is 217 cm³/mol. The van der Waals surface area contributed by atoms with Crippen LogP contribution in [0.1, 0.15) is 56.9 Å². The number of nitrogens with zero attached hydrogens (tertiary/aromatic N) is 4. The molecule has 2 aliphatic heterocycles. The van der Waals surface area contributed by atoms with Gasteiger partial charge in [-0.15, -0.1) is 0 Å². The Labute approximate surface area is 345 Å². The summed E-state index contributed by atoms with van der Waals surface area (Å²) in [6, 6.07) is 5.50. The number of carbonyl (C=O) groups is 4. The molecular formula is C43H53F4N9O4. The second-order valence-corrected chi connectivity index (χ2v) is 17.0. The zero-order valence-corrected chi connectivity index (χ0v) is 33.9. The van der Waals surface area contributed by atoms with Gasteiger partial charge in [0.1, 0.15) is 36.1 Å². The number of benzene rings is 2. The Morgan fingerprint density at radius 2 is 1.33 bits per heavy atom. The van der Waals surface area contributed by atoms with Crippen LogP contribution in [0.3, 0.4) is 0 Å². The third kappa shape index (κ3) is 8.34. The molecule has 2 saturated carbocycles. The summed E-state index contributed by atoms with van der Waals surface area (Å²) in [7, 11) is 3.28. The first kappa shape index (κ1) is 41.7. The lowest BCUT2D eigenvalue weighted by atomic mass is 9.79. The lowest BCUT2D eigenvalue weighted by Crippen LogP contribution is -2.56. The Kier molecular flexibility index (Phi) is 12.2. The monoisotopic (exact) mass is 835 g/mol. The van der Waals surface area contributed by atoms with Crippen LogP contribution in [0.25, 0.3) is 33.5 Å². The molecular weight excluding hydrogens is 783 g/mol. The first-order valence-electron chi connectivity index (χ1n) is 21.2. The number of nitrogens with one attached hydrogen (secondary N) is 5. The molecule has 60 heavy (non-hydrogen) atoms. The zero-order valence-electron chi connectivity index (χ0n) is 33.9.